The lowest BCUT2D eigenvalue weighted by Gasteiger charge is -2.29. The largest absolute Gasteiger partial charge is 0.0654 e. The van der Waals surface area contributed by atoms with E-state index in [0.717, 1.165) is 23.7 Å². The van der Waals surface area contributed by atoms with Crippen LogP contribution >= 0.6 is 0 Å². The van der Waals surface area contributed by atoms with E-state index in [1.807, 2.05) is 0 Å². The lowest BCUT2D eigenvalue weighted by molar-refractivity contribution is 0.252. The second-order valence-corrected chi connectivity index (χ2v) is 9.08. The molecule has 0 aliphatic heterocycles. The van der Waals surface area contributed by atoms with Crippen LogP contribution in [0.4, 0.5) is 0 Å². The van der Waals surface area contributed by atoms with Gasteiger partial charge in [0.2, 0.25) is 0 Å². The van der Waals surface area contributed by atoms with Gasteiger partial charge in [0.05, 0.1) is 0 Å². The van der Waals surface area contributed by atoms with Crippen molar-refractivity contribution in [2.24, 2.45) is 17.8 Å². The second-order valence-electron chi connectivity index (χ2n) is 9.08. The molecule has 1 aromatic rings. The molecule has 2 aliphatic carbocycles. The molecule has 0 atom stereocenters. The fourth-order valence-corrected chi connectivity index (χ4v) is 5.45. The lowest BCUT2D eigenvalue weighted by atomic mass is 9.77. The quantitative estimate of drug-likeness (QED) is 0.473. The monoisotopic (exact) mass is 340 g/mol. The lowest BCUT2D eigenvalue weighted by Crippen LogP contribution is -2.15. The average Bonchev–Trinajstić information content (AvgIpc) is 2.68. The normalized spacial score (nSPS) is 30.3. The molecule has 1 aromatic carbocycles. The number of hydrogen-bond acceptors (Lipinski definition) is 0. The first-order valence-electron chi connectivity index (χ1n) is 11.4. The molecule has 0 nitrogen and oxygen atoms in total. The SMILES string of the molecule is CCCC1CCC(CCc2ccc(C3CCC(CC)CC3)cc2)CC1. The highest BCUT2D eigenvalue weighted by Gasteiger charge is 2.22. The minimum atomic E-state index is 0.839. The zero-order chi connectivity index (χ0) is 17.5. The van der Waals surface area contributed by atoms with E-state index in [0.29, 0.717) is 0 Å². The van der Waals surface area contributed by atoms with Crippen LogP contribution in [0.3, 0.4) is 0 Å². The molecule has 140 valence electrons. The standard InChI is InChI=1S/C25H40/c1-3-5-21-6-8-22(9-7-21)10-11-23-14-18-25(19-15-23)24-16-12-20(4-2)13-17-24/h14-15,18-22,24H,3-13,16-17H2,1-2H3. The average molecular weight is 341 g/mol. The van der Waals surface area contributed by atoms with Crippen LogP contribution in [0, 0.1) is 17.8 Å². The molecule has 3 rings (SSSR count). The first-order chi connectivity index (χ1) is 12.3. The van der Waals surface area contributed by atoms with Crippen molar-refractivity contribution in [1.82, 2.24) is 0 Å². The van der Waals surface area contributed by atoms with Crippen LogP contribution in [0.25, 0.3) is 0 Å². The molecule has 0 saturated heterocycles. The van der Waals surface area contributed by atoms with E-state index in [4.69, 9.17) is 0 Å². The van der Waals surface area contributed by atoms with Gasteiger partial charge in [0.25, 0.3) is 0 Å². The van der Waals surface area contributed by atoms with Crippen molar-refractivity contribution in [2.45, 2.75) is 103 Å². The van der Waals surface area contributed by atoms with Gasteiger partial charge in [0.1, 0.15) is 0 Å². The third-order valence-corrected chi connectivity index (χ3v) is 7.38. The maximum absolute atomic E-state index is 2.45. The van der Waals surface area contributed by atoms with Crippen molar-refractivity contribution in [3.05, 3.63) is 35.4 Å². The van der Waals surface area contributed by atoms with Crippen molar-refractivity contribution >= 4 is 0 Å². The predicted molar refractivity (Wildman–Crippen MR) is 110 cm³/mol. The molecule has 0 spiro atoms. The van der Waals surface area contributed by atoms with Gasteiger partial charge in [-0.3, -0.25) is 0 Å². The first-order valence-corrected chi connectivity index (χ1v) is 11.4. The molecule has 0 unspecified atom stereocenters. The number of benzene rings is 1. The number of rotatable bonds is 7. The third-order valence-electron chi connectivity index (χ3n) is 7.38. The first kappa shape index (κ1) is 19.0. The molecule has 0 amide bonds. The van der Waals surface area contributed by atoms with Gasteiger partial charge in [-0.25, -0.2) is 0 Å². The highest BCUT2D eigenvalue weighted by molar-refractivity contribution is 5.26. The summed E-state index contributed by atoms with van der Waals surface area (Å²) < 4.78 is 0. The van der Waals surface area contributed by atoms with E-state index in [1.165, 1.54) is 83.5 Å². The zero-order valence-corrected chi connectivity index (χ0v) is 16.8. The predicted octanol–water partition coefficient (Wildman–Crippen LogP) is 7.91. The Hall–Kier alpha value is -0.780. The summed E-state index contributed by atoms with van der Waals surface area (Å²) in [4.78, 5) is 0. The molecule has 2 aliphatic rings. The Morgan fingerprint density at radius 1 is 0.680 bits per heavy atom. The molecule has 0 heterocycles. The van der Waals surface area contributed by atoms with Gasteiger partial charge in [0, 0.05) is 0 Å². The summed E-state index contributed by atoms with van der Waals surface area (Å²) in [6.45, 7) is 4.70. The Morgan fingerprint density at radius 3 is 1.80 bits per heavy atom. The Labute approximate surface area is 156 Å². The van der Waals surface area contributed by atoms with Crippen molar-refractivity contribution in [1.29, 1.82) is 0 Å². The maximum Gasteiger partial charge on any atom is -0.0162 e. The summed E-state index contributed by atoms with van der Waals surface area (Å²) in [5.74, 6) is 3.88. The summed E-state index contributed by atoms with van der Waals surface area (Å²) in [6, 6.07) is 9.77. The Balaban J connectivity index is 1.41. The second kappa shape index (κ2) is 9.79. The summed E-state index contributed by atoms with van der Waals surface area (Å²) in [5.41, 5.74) is 3.18. The minimum absolute atomic E-state index is 0.839. The van der Waals surface area contributed by atoms with Crippen molar-refractivity contribution in [3.63, 3.8) is 0 Å². The van der Waals surface area contributed by atoms with E-state index in [1.54, 1.807) is 11.1 Å². The smallest absolute Gasteiger partial charge is 0.0162 e. The number of hydrogen-bond donors (Lipinski definition) is 0. The topological polar surface area (TPSA) is 0 Å². The third kappa shape index (κ3) is 5.60. The van der Waals surface area contributed by atoms with Gasteiger partial charge in [0.15, 0.2) is 0 Å². The fraction of sp³-hybridized carbons (Fsp3) is 0.760. The Kier molecular flexibility index (Phi) is 7.44. The van der Waals surface area contributed by atoms with Gasteiger partial charge >= 0.3 is 0 Å². The van der Waals surface area contributed by atoms with E-state index in [9.17, 15) is 0 Å². The number of aryl methyl sites for hydroxylation is 1. The highest BCUT2D eigenvalue weighted by atomic mass is 14.3. The summed E-state index contributed by atoms with van der Waals surface area (Å²) in [6.07, 6.45) is 18.6. The van der Waals surface area contributed by atoms with E-state index >= 15 is 0 Å². The fourth-order valence-electron chi connectivity index (χ4n) is 5.45. The van der Waals surface area contributed by atoms with Gasteiger partial charge in [-0.15, -0.1) is 0 Å². The molecular formula is C25H40. The van der Waals surface area contributed by atoms with E-state index < -0.39 is 0 Å². The molecule has 0 bridgehead atoms. The Bertz CT molecular complexity index is 469. The molecule has 0 radical (unpaired) electrons. The van der Waals surface area contributed by atoms with Crippen LogP contribution in [-0.2, 0) is 6.42 Å². The van der Waals surface area contributed by atoms with Gasteiger partial charge in [-0.1, -0.05) is 83.1 Å². The van der Waals surface area contributed by atoms with Gasteiger partial charge in [-0.2, -0.15) is 0 Å². The van der Waals surface area contributed by atoms with E-state index in [-0.39, 0.29) is 0 Å². The van der Waals surface area contributed by atoms with Gasteiger partial charge in [-0.05, 0) is 73.3 Å². The zero-order valence-electron chi connectivity index (χ0n) is 16.8. The summed E-state index contributed by atoms with van der Waals surface area (Å²) >= 11 is 0. The van der Waals surface area contributed by atoms with Crippen LogP contribution in [-0.4, -0.2) is 0 Å². The highest BCUT2D eigenvalue weighted by Crippen LogP contribution is 2.37. The molecule has 2 fully saturated rings. The Morgan fingerprint density at radius 2 is 1.24 bits per heavy atom. The van der Waals surface area contributed by atoms with Crippen molar-refractivity contribution in [3.8, 4) is 0 Å². The van der Waals surface area contributed by atoms with E-state index in [2.05, 4.69) is 38.1 Å². The molecular weight excluding hydrogens is 300 g/mol. The van der Waals surface area contributed by atoms with Crippen molar-refractivity contribution in [2.75, 3.05) is 0 Å². The van der Waals surface area contributed by atoms with Crippen LogP contribution in [0.5, 0.6) is 0 Å². The minimum Gasteiger partial charge on any atom is -0.0654 e. The molecule has 0 N–H and O–H groups in total. The van der Waals surface area contributed by atoms with Crippen LogP contribution < -0.4 is 0 Å². The van der Waals surface area contributed by atoms with Crippen LogP contribution in [0.1, 0.15) is 108 Å². The van der Waals surface area contributed by atoms with Crippen LogP contribution in [0.15, 0.2) is 24.3 Å². The van der Waals surface area contributed by atoms with Crippen molar-refractivity contribution < 1.29 is 0 Å². The maximum atomic E-state index is 2.45. The summed E-state index contributed by atoms with van der Waals surface area (Å²) in [5, 5.41) is 0. The summed E-state index contributed by atoms with van der Waals surface area (Å²) in [7, 11) is 0. The molecule has 2 saturated carbocycles. The molecule has 25 heavy (non-hydrogen) atoms. The molecule has 0 aromatic heterocycles. The van der Waals surface area contributed by atoms with Crippen LogP contribution in [0.2, 0.25) is 0 Å². The van der Waals surface area contributed by atoms with Gasteiger partial charge < -0.3 is 0 Å². The molecule has 0 heteroatoms.